The second-order valence-electron chi connectivity index (χ2n) is 5.72. The summed E-state index contributed by atoms with van der Waals surface area (Å²) in [5.74, 6) is 1.82. The Labute approximate surface area is 94.4 Å². The van der Waals surface area contributed by atoms with Crippen LogP contribution in [-0.4, -0.2) is 36.6 Å². The van der Waals surface area contributed by atoms with Crippen molar-refractivity contribution in [1.82, 2.24) is 10.2 Å². The maximum Gasteiger partial charge on any atom is 0.0244 e. The van der Waals surface area contributed by atoms with Gasteiger partial charge in [-0.2, -0.15) is 0 Å². The Bertz CT molecular complexity index is 199. The van der Waals surface area contributed by atoms with E-state index < -0.39 is 0 Å². The molecule has 0 bridgehead atoms. The minimum atomic E-state index is 0.735. The molecule has 2 atom stereocenters. The van der Waals surface area contributed by atoms with E-state index in [1.807, 2.05) is 0 Å². The monoisotopic (exact) mass is 210 g/mol. The molecule has 15 heavy (non-hydrogen) atoms. The summed E-state index contributed by atoms with van der Waals surface area (Å²) in [4.78, 5) is 2.76. The molecule has 1 heterocycles. The van der Waals surface area contributed by atoms with Crippen molar-refractivity contribution in [2.24, 2.45) is 11.8 Å². The second-order valence-corrected chi connectivity index (χ2v) is 5.72. The van der Waals surface area contributed by atoms with Gasteiger partial charge < -0.3 is 5.32 Å². The summed E-state index contributed by atoms with van der Waals surface area (Å²) in [7, 11) is 0. The van der Waals surface area contributed by atoms with Crippen molar-refractivity contribution in [3.63, 3.8) is 0 Å². The van der Waals surface area contributed by atoms with Crippen LogP contribution in [0.2, 0.25) is 0 Å². The first-order chi connectivity index (χ1) is 7.20. The maximum atomic E-state index is 3.68. The lowest BCUT2D eigenvalue weighted by atomic mass is 9.97. The van der Waals surface area contributed by atoms with Crippen molar-refractivity contribution < 1.29 is 0 Å². The first-order valence-corrected chi connectivity index (χ1v) is 6.68. The molecule has 1 saturated heterocycles. The predicted molar refractivity (Wildman–Crippen MR) is 65.0 cm³/mol. The summed E-state index contributed by atoms with van der Waals surface area (Å²) in [5, 5.41) is 3.68. The van der Waals surface area contributed by atoms with Gasteiger partial charge in [0.05, 0.1) is 0 Å². The summed E-state index contributed by atoms with van der Waals surface area (Å²) < 4.78 is 0. The Balaban J connectivity index is 1.91. The van der Waals surface area contributed by atoms with Crippen LogP contribution in [0.5, 0.6) is 0 Å². The number of hydrogen-bond donors (Lipinski definition) is 1. The SMILES string of the molecule is CCC1CN(CC2CC2)C(C(C)C)CN1. The molecule has 0 amide bonds. The molecule has 0 aromatic rings. The molecule has 1 saturated carbocycles. The van der Waals surface area contributed by atoms with Gasteiger partial charge in [0.2, 0.25) is 0 Å². The highest BCUT2D eigenvalue weighted by atomic mass is 15.2. The molecule has 2 aliphatic rings. The number of piperazine rings is 1. The minimum Gasteiger partial charge on any atom is -0.311 e. The summed E-state index contributed by atoms with van der Waals surface area (Å²) in [6.07, 6.45) is 4.23. The third kappa shape index (κ3) is 2.94. The minimum absolute atomic E-state index is 0.735. The van der Waals surface area contributed by atoms with Crippen LogP contribution in [-0.2, 0) is 0 Å². The van der Waals surface area contributed by atoms with Gasteiger partial charge in [0.1, 0.15) is 0 Å². The van der Waals surface area contributed by atoms with Gasteiger partial charge in [0.15, 0.2) is 0 Å². The third-order valence-corrected chi connectivity index (χ3v) is 3.99. The van der Waals surface area contributed by atoms with Crippen LogP contribution in [0.25, 0.3) is 0 Å². The molecule has 1 aliphatic carbocycles. The van der Waals surface area contributed by atoms with Crippen molar-refractivity contribution in [2.75, 3.05) is 19.6 Å². The van der Waals surface area contributed by atoms with Gasteiger partial charge in [0, 0.05) is 31.7 Å². The number of rotatable bonds is 4. The Morgan fingerprint density at radius 2 is 2.07 bits per heavy atom. The van der Waals surface area contributed by atoms with E-state index >= 15 is 0 Å². The number of nitrogens with zero attached hydrogens (tertiary/aromatic N) is 1. The average Bonchev–Trinajstić information content (AvgIpc) is 3.01. The van der Waals surface area contributed by atoms with Gasteiger partial charge >= 0.3 is 0 Å². The first-order valence-electron chi connectivity index (χ1n) is 6.68. The molecule has 0 spiro atoms. The second kappa shape index (κ2) is 4.84. The van der Waals surface area contributed by atoms with Crippen LogP contribution in [0.1, 0.15) is 40.0 Å². The van der Waals surface area contributed by atoms with E-state index in [1.54, 1.807) is 0 Å². The van der Waals surface area contributed by atoms with E-state index in [4.69, 9.17) is 0 Å². The Hall–Kier alpha value is -0.0800. The van der Waals surface area contributed by atoms with Gasteiger partial charge in [-0.15, -0.1) is 0 Å². The highest BCUT2D eigenvalue weighted by molar-refractivity contribution is 4.90. The van der Waals surface area contributed by atoms with Crippen molar-refractivity contribution in [2.45, 2.75) is 52.1 Å². The van der Waals surface area contributed by atoms with Gasteiger partial charge in [-0.05, 0) is 31.1 Å². The van der Waals surface area contributed by atoms with Gasteiger partial charge in [0.25, 0.3) is 0 Å². The number of nitrogens with one attached hydrogen (secondary N) is 1. The highest BCUT2D eigenvalue weighted by Crippen LogP contribution is 2.31. The van der Waals surface area contributed by atoms with Crippen LogP contribution in [0.3, 0.4) is 0 Å². The Morgan fingerprint density at radius 1 is 1.33 bits per heavy atom. The van der Waals surface area contributed by atoms with Crippen LogP contribution < -0.4 is 5.32 Å². The molecule has 1 N–H and O–H groups in total. The molecule has 1 aliphatic heterocycles. The van der Waals surface area contributed by atoms with Crippen molar-refractivity contribution >= 4 is 0 Å². The van der Waals surface area contributed by atoms with Crippen LogP contribution in [0.4, 0.5) is 0 Å². The predicted octanol–water partition coefficient (Wildman–Crippen LogP) is 2.10. The van der Waals surface area contributed by atoms with Gasteiger partial charge in [-0.3, -0.25) is 4.90 Å². The molecule has 2 nitrogen and oxygen atoms in total. The van der Waals surface area contributed by atoms with E-state index in [-0.39, 0.29) is 0 Å². The van der Waals surface area contributed by atoms with E-state index in [1.165, 1.54) is 38.9 Å². The van der Waals surface area contributed by atoms with Crippen molar-refractivity contribution in [1.29, 1.82) is 0 Å². The highest BCUT2D eigenvalue weighted by Gasteiger charge is 2.33. The van der Waals surface area contributed by atoms with E-state index in [9.17, 15) is 0 Å². The fraction of sp³-hybridized carbons (Fsp3) is 1.00. The number of hydrogen-bond acceptors (Lipinski definition) is 2. The quantitative estimate of drug-likeness (QED) is 0.764. The molecule has 2 heteroatoms. The molecule has 0 radical (unpaired) electrons. The molecule has 0 aromatic heterocycles. The van der Waals surface area contributed by atoms with Gasteiger partial charge in [-0.25, -0.2) is 0 Å². The third-order valence-electron chi connectivity index (χ3n) is 3.99. The van der Waals surface area contributed by atoms with Crippen LogP contribution in [0, 0.1) is 11.8 Å². The Kier molecular flexibility index (Phi) is 3.68. The van der Waals surface area contributed by atoms with E-state index in [2.05, 4.69) is 31.0 Å². The molecular weight excluding hydrogens is 184 g/mol. The zero-order valence-corrected chi connectivity index (χ0v) is 10.5. The van der Waals surface area contributed by atoms with E-state index in [0.29, 0.717) is 0 Å². The summed E-state index contributed by atoms with van der Waals surface area (Å²) >= 11 is 0. The fourth-order valence-electron chi connectivity index (χ4n) is 2.67. The molecule has 0 aromatic carbocycles. The van der Waals surface area contributed by atoms with E-state index in [0.717, 1.165) is 23.9 Å². The Morgan fingerprint density at radius 3 is 2.60 bits per heavy atom. The van der Waals surface area contributed by atoms with Crippen molar-refractivity contribution in [3.8, 4) is 0 Å². The first kappa shape index (κ1) is 11.4. The van der Waals surface area contributed by atoms with Crippen molar-refractivity contribution in [3.05, 3.63) is 0 Å². The molecule has 2 rings (SSSR count). The summed E-state index contributed by atoms with van der Waals surface area (Å²) in [5.41, 5.74) is 0. The average molecular weight is 210 g/mol. The largest absolute Gasteiger partial charge is 0.311 e. The lowest BCUT2D eigenvalue weighted by Gasteiger charge is -2.42. The molecular formula is C13H26N2. The van der Waals surface area contributed by atoms with Crippen LogP contribution >= 0.6 is 0 Å². The standard InChI is InChI=1S/C13H26N2/c1-4-12-9-15(8-11-5-6-11)13(7-14-12)10(2)3/h10-14H,4-9H2,1-3H3. The van der Waals surface area contributed by atoms with Gasteiger partial charge in [-0.1, -0.05) is 20.8 Å². The smallest absolute Gasteiger partial charge is 0.0244 e. The zero-order valence-electron chi connectivity index (χ0n) is 10.5. The normalized spacial score (nSPS) is 33.6. The molecule has 2 unspecified atom stereocenters. The van der Waals surface area contributed by atoms with Crippen LogP contribution in [0.15, 0.2) is 0 Å². The topological polar surface area (TPSA) is 15.3 Å². The fourth-order valence-corrected chi connectivity index (χ4v) is 2.67. The summed E-state index contributed by atoms with van der Waals surface area (Å²) in [6.45, 7) is 10.8. The lowest BCUT2D eigenvalue weighted by Crippen LogP contribution is -2.58. The lowest BCUT2D eigenvalue weighted by molar-refractivity contribution is 0.0924. The zero-order chi connectivity index (χ0) is 10.8. The summed E-state index contributed by atoms with van der Waals surface area (Å²) in [6, 6.07) is 1.51. The maximum absolute atomic E-state index is 3.68. The molecule has 2 fully saturated rings. The molecule has 88 valence electrons.